The molecule has 1 aliphatic carbocycles. The van der Waals surface area contributed by atoms with Crippen LogP contribution in [0.15, 0.2) is 16.5 Å². The molecule has 21 heavy (non-hydrogen) atoms. The number of ketones is 1. The van der Waals surface area contributed by atoms with Crippen molar-refractivity contribution in [3.05, 3.63) is 23.3 Å². The van der Waals surface area contributed by atoms with Crippen LogP contribution < -0.4 is 15.2 Å². The number of benzene rings is 1. The van der Waals surface area contributed by atoms with E-state index in [-0.39, 0.29) is 11.0 Å². The first-order valence-corrected chi connectivity index (χ1v) is 7.86. The first-order valence-electron chi connectivity index (χ1n) is 6.17. The standard InChI is InChI=1S/C13H13N3O3S2/c1-18-8-3-6-4-10(20-13-16-15-12(14)21-13)11(17)7(6)5-9(8)19-2/h3,5,10H,4H2,1-2H3,(H2,14,15)/t10-/m0/s1. The van der Waals surface area contributed by atoms with Gasteiger partial charge in [0.25, 0.3) is 0 Å². The van der Waals surface area contributed by atoms with Crippen molar-refractivity contribution in [2.45, 2.75) is 16.0 Å². The summed E-state index contributed by atoms with van der Waals surface area (Å²) >= 11 is 2.68. The number of fused-ring (bicyclic) bond motifs is 1. The van der Waals surface area contributed by atoms with Crippen molar-refractivity contribution in [3.63, 3.8) is 0 Å². The molecule has 2 N–H and O–H groups in total. The number of Topliss-reactive ketones (excluding diaryl/α,β-unsaturated/α-hetero) is 1. The van der Waals surface area contributed by atoms with Crippen LogP contribution in [-0.4, -0.2) is 35.5 Å². The number of rotatable bonds is 4. The lowest BCUT2D eigenvalue weighted by Gasteiger charge is -2.09. The lowest BCUT2D eigenvalue weighted by atomic mass is 10.1. The number of methoxy groups -OCH3 is 2. The highest BCUT2D eigenvalue weighted by Crippen LogP contribution is 2.40. The molecule has 0 radical (unpaired) electrons. The van der Waals surface area contributed by atoms with Crippen LogP contribution in [-0.2, 0) is 6.42 Å². The average molecular weight is 323 g/mol. The number of anilines is 1. The van der Waals surface area contributed by atoms with Crippen molar-refractivity contribution < 1.29 is 14.3 Å². The van der Waals surface area contributed by atoms with Crippen LogP contribution in [0.1, 0.15) is 15.9 Å². The number of carbonyl (C=O) groups is 1. The highest BCUT2D eigenvalue weighted by Gasteiger charge is 2.33. The van der Waals surface area contributed by atoms with Crippen molar-refractivity contribution in [2.24, 2.45) is 0 Å². The van der Waals surface area contributed by atoms with Gasteiger partial charge in [-0.1, -0.05) is 23.1 Å². The predicted octanol–water partition coefficient (Wildman–Crippen LogP) is 2.04. The van der Waals surface area contributed by atoms with Crippen LogP contribution in [0.4, 0.5) is 5.13 Å². The van der Waals surface area contributed by atoms with Gasteiger partial charge < -0.3 is 15.2 Å². The molecule has 0 aliphatic heterocycles. The van der Waals surface area contributed by atoms with Gasteiger partial charge in [-0.2, -0.15) is 0 Å². The molecule has 0 saturated heterocycles. The Morgan fingerprint density at radius 2 is 2.00 bits per heavy atom. The number of nitrogens with two attached hydrogens (primary N) is 1. The summed E-state index contributed by atoms with van der Waals surface area (Å²) < 4.78 is 11.2. The van der Waals surface area contributed by atoms with Crippen molar-refractivity contribution >= 4 is 34.0 Å². The summed E-state index contributed by atoms with van der Waals surface area (Å²) in [5, 5.41) is 7.91. The Labute approximate surface area is 129 Å². The van der Waals surface area contributed by atoms with Crippen LogP contribution in [0.5, 0.6) is 11.5 Å². The molecule has 1 aromatic carbocycles. The SMILES string of the molecule is COc1cc2c(cc1OC)C(=O)[C@@H](Sc1nnc(N)s1)C2. The Hall–Kier alpha value is -1.80. The van der Waals surface area contributed by atoms with Gasteiger partial charge in [0.2, 0.25) is 5.13 Å². The Bertz CT molecular complexity index is 702. The fraction of sp³-hybridized carbons (Fsp3) is 0.308. The van der Waals surface area contributed by atoms with Crippen molar-refractivity contribution in [2.75, 3.05) is 20.0 Å². The summed E-state index contributed by atoms with van der Waals surface area (Å²) in [5.74, 6) is 1.27. The molecule has 0 amide bonds. The fourth-order valence-electron chi connectivity index (χ4n) is 2.27. The molecule has 1 aliphatic rings. The minimum Gasteiger partial charge on any atom is -0.493 e. The second-order valence-corrected chi connectivity index (χ2v) is 6.90. The number of ether oxygens (including phenoxy) is 2. The van der Waals surface area contributed by atoms with E-state index in [1.807, 2.05) is 6.07 Å². The van der Waals surface area contributed by atoms with Gasteiger partial charge >= 0.3 is 0 Å². The molecule has 0 spiro atoms. The van der Waals surface area contributed by atoms with Crippen LogP contribution in [0.2, 0.25) is 0 Å². The van der Waals surface area contributed by atoms with Crippen molar-refractivity contribution in [3.8, 4) is 11.5 Å². The maximum Gasteiger partial charge on any atom is 0.203 e. The van der Waals surface area contributed by atoms with Gasteiger partial charge in [0.05, 0.1) is 19.5 Å². The Balaban J connectivity index is 1.87. The molecule has 0 saturated carbocycles. The van der Waals surface area contributed by atoms with Gasteiger partial charge in [-0.15, -0.1) is 10.2 Å². The van der Waals surface area contributed by atoms with Crippen LogP contribution in [0.3, 0.4) is 0 Å². The molecule has 0 fully saturated rings. The highest BCUT2D eigenvalue weighted by atomic mass is 32.2. The summed E-state index contributed by atoms with van der Waals surface area (Å²) in [5.41, 5.74) is 7.21. The van der Waals surface area contributed by atoms with E-state index in [1.54, 1.807) is 20.3 Å². The number of thioether (sulfide) groups is 1. The van der Waals surface area contributed by atoms with Gasteiger partial charge in [0.15, 0.2) is 21.6 Å². The van der Waals surface area contributed by atoms with Gasteiger partial charge in [0.1, 0.15) is 0 Å². The summed E-state index contributed by atoms with van der Waals surface area (Å²) in [6.45, 7) is 0. The molecule has 0 unspecified atom stereocenters. The third kappa shape index (κ3) is 2.56. The zero-order chi connectivity index (χ0) is 15.0. The number of aromatic nitrogens is 2. The van der Waals surface area contributed by atoms with E-state index < -0.39 is 0 Å². The quantitative estimate of drug-likeness (QED) is 0.921. The van der Waals surface area contributed by atoms with Gasteiger partial charge in [-0.05, 0) is 24.1 Å². The maximum atomic E-state index is 12.5. The monoisotopic (exact) mass is 323 g/mol. The van der Waals surface area contributed by atoms with Crippen LogP contribution >= 0.6 is 23.1 Å². The molecule has 8 heteroatoms. The molecular weight excluding hydrogens is 310 g/mol. The van der Waals surface area contributed by atoms with E-state index in [9.17, 15) is 4.79 Å². The zero-order valence-corrected chi connectivity index (χ0v) is 13.1. The van der Waals surface area contributed by atoms with E-state index in [4.69, 9.17) is 15.2 Å². The predicted molar refractivity (Wildman–Crippen MR) is 81.5 cm³/mol. The topological polar surface area (TPSA) is 87.3 Å². The third-order valence-electron chi connectivity index (χ3n) is 3.24. The van der Waals surface area contributed by atoms with Crippen molar-refractivity contribution in [1.82, 2.24) is 10.2 Å². The molecule has 1 aromatic heterocycles. The summed E-state index contributed by atoms with van der Waals surface area (Å²) in [4.78, 5) is 12.5. The van der Waals surface area contributed by atoms with Gasteiger partial charge in [0, 0.05) is 5.56 Å². The molecule has 6 nitrogen and oxygen atoms in total. The second-order valence-electron chi connectivity index (χ2n) is 4.45. The smallest absolute Gasteiger partial charge is 0.203 e. The molecule has 3 rings (SSSR count). The van der Waals surface area contributed by atoms with Gasteiger partial charge in [-0.25, -0.2) is 0 Å². The molecule has 1 heterocycles. The number of nitrogens with zero attached hydrogens (tertiary/aromatic N) is 2. The molecular formula is C13H13N3O3S2. The summed E-state index contributed by atoms with van der Waals surface area (Å²) in [7, 11) is 3.14. The van der Waals surface area contributed by atoms with Crippen molar-refractivity contribution in [1.29, 1.82) is 0 Å². The molecule has 1 atom stereocenters. The van der Waals surface area contributed by atoms with E-state index >= 15 is 0 Å². The summed E-state index contributed by atoms with van der Waals surface area (Å²) in [6.07, 6.45) is 0.638. The highest BCUT2D eigenvalue weighted by molar-refractivity contribution is 8.02. The second kappa shape index (κ2) is 5.53. The first-order chi connectivity index (χ1) is 10.1. The number of hydrogen-bond donors (Lipinski definition) is 1. The Kier molecular flexibility index (Phi) is 3.73. The first kappa shape index (κ1) is 14.2. The van der Waals surface area contributed by atoms with E-state index in [2.05, 4.69) is 10.2 Å². The Morgan fingerprint density at radius 3 is 2.62 bits per heavy atom. The zero-order valence-electron chi connectivity index (χ0n) is 11.5. The lowest BCUT2D eigenvalue weighted by Crippen LogP contribution is -2.10. The van der Waals surface area contributed by atoms with Crippen LogP contribution in [0, 0.1) is 0 Å². The van der Waals surface area contributed by atoms with E-state index in [0.717, 1.165) is 5.56 Å². The van der Waals surface area contributed by atoms with Gasteiger partial charge in [-0.3, -0.25) is 4.79 Å². The number of nitrogen functional groups attached to an aromatic ring is 1. The third-order valence-corrected chi connectivity index (χ3v) is 5.27. The molecule has 2 aromatic rings. The summed E-state index contributed by atoms with van der Waals surface area (Å²) in [6, 6.07) is 3.60. The average Bonchev–Trinajstić information content (AvgIpc) is 3.02. The molecule has 0 bridgehead atoms. The normalized spacial score (nSPS) is 16.9. The minimum atomic E-state index is -0.204. The lowest BCUT2D eigenvalue weighted by molar-refractivity contribution is 0.1000. The molecule has 110 valence electrons. The maximum absolute atomic E-state index is 12.5. The van der Waals surface area contributed by atoms with Crippen LogP contribution in [0.25, 0.3) is 0 Å². The number of hydrogen-bond acceptors (Lipinski definition) is 8. The fourth-order valence-corrected chi connectivity index (χ4v) is 4.24. The van der Waals surface area contributed by atoms with E-state index in [0.29, 0.717) is 33.0 Å². The largest absolute Gasteiger partial charge is 0.493 e. The minimum absolute atomic E-state index is 0.0738. The number of carbonyl (C=O) groups excluding carboxylic acids is 1. The van der Waals surface area contributed by atoms with E-state index in [1.165, 1.54) is 23.1 Å². The Morgan fingerprint density at radius 1 is 1.29 bits per heavy atom.